The van der Waals surface area contributed by atoms with Crippen LogP contribution in [0.2, 0.25) is 0 Å². The van der Waals surface area contributed by atoms with Gasteiger partial charge in [-0.25, -0.2) is 0 Å². The maximum atomic E-state index is 5.70. The number of ether oxygens (including phenoxy) is 2. The van der Waals surface area contributed by atoms with Crippen molar-refractivity contribution >= 4 is 5.96 Å². The van der Waals surface area contributed by atoms with Crippen LogP contribution < -0.4 is 10.6 Å². The van der Waals surface area contributed by atoms with E-state index >= 15 is 0 Å². The van der Waals surface area contributed by atoms with Crippen LogP contribution in [-0.4, -0.2) is 70.0 Å². The lowest BCUT2D eigenvalue weighted by Gasteiger charge is -2.28. The van der Waals surface area contributed by atoms with E-state index in [2.05, 4.69) is 34.4 Å². The summed E-state index contributed by atoms with van der Waals surface area (Å²) >= 11 is 0. The van der Waals surface area contributed by atoms with Crippen LogP contribution in [0.15, 0.2) is 27.8 Å². The molecule has 0 amide bonds. The Bertz CT molecular complexity index is 511. The zero-order valence-corrected chi connectivity index (χ0v) is 17.1. The van der Waals surface area contributed by atoms with Gasteiger partial charge in [0.15, 0.2) is 5.96 Å². The van der Waals surface area contributed by atoms with E-state index in [1.54, 1.807) is 13.3 Å². The number of furan rings is 1. The Morgan fingerprint density at radius 2 is 2.22 bits per heavy atom. The second kappa shape index (κ2) is 12.8. The summed E-state index contributed by atoms with van der Waals surface area (Å²) in [6.07, 6.45) is 5.24. The van der Waals surface area contributed by atoms with E-state index in [4.69, 9.17) is 13.9 Å². The summed E-state index contributed by atoms with van der Waals surface area (Å²) in [6.45, 7) is 10.2. The zero-order chi connectivity index (χ0) is 19.3. The lowest BCUT2D eigenvalue weighted by molar-refractivity contribution is 0.0168. The average Bonchev–Trinajstić information content (AvgIpc) is 3.40. The molecule has 27 heavy (non-hydrogen) atoms. The first-order valence-corrected chi connectivity index (χ1v) is 10.2. The molecular weight excluding hydrogens is 344 g/mol. The molecule has 0 saturated carbocycles. The summed E-state index contributed by atoms with van der Waals surface area (Å²) in [7, 11) is 1.79. The molecule has 2 unspecified atom stereocenters. The van der Waals surface area contributed by atoms with Crippen LogP contribution in [-0.2, 0) is 9.47 Å². The van der Waals surface area contributed by atoms with Crippen molar-refractivity contribution in [3.05, 3.63) is 24.2 Å². The maximum Gasteiger partial charge on any atom is 0.191 e. The van der Waals surface area contributed by atoms with E-state index < -0.39 is 0 Å². The Hall–Kier alpha value is -1.57. The highest BCUT2D eigenvalue weighted by molar-refractivity contribution is 5.79. The van der Waals surface area contributed by atoms with Crippen LogP contribution in [0.25, 0.3) is 0 Å². The van der Waals surface area contributed by atoms with Crippen molar-refractivity contribution in [2.75, 3.05) is 53.0 Å². The third-order valence-corrected chi connectivity index (χ3v) is 4.90. The van der Waals surface area contributed by atoms with Gasteiger partial charge in [-0.05, 0) is 44.5 Å². The summed E-state index contributed by atoms with van der Waals surface area (Å²) in [5.74, 6) is 1.78. The Labute approximate surface area is 163 Å². The van der Waals surface area contributed by atoms with Crippen LogP contribution in [0.5, 0.6) is 0 Å². The predicted octanol–water partition coefficient (Wildman–Crippen LogP) is 2.41. The summed E-state index contributed by atoms with van der Waals surface area (Å²) in [5, 5.41) is 6.77. The molecule has 0 bridgehead atoms. The fraction of sp³-hybridized carbons (Fsp3) is 0.750. The molecule has 1 fully saturated rings. The molecule has 2 N–H and O–H groups in total. The molecule has 0 radical (unpaired) electrons. The molecule has 2 rings (SSSR count). The molecule has 0 aromatic carbocycles. The molecule has 1 aliphatic heterocycles. The van der Waals surface area contributed by atoms with Crippen LogP contribution in [0, 0.1) is 0 Å². The van der Waals surface area contributed by atoms with Crippen LogP contribution in [0.1, 0.15) is 44.9 Å². The van der Waals surface area contributed by atoms with Crippen molar-refractivity contribution in [3.63, 3.8) is 0 Å². The maximum absolute atomic E-state index is 5.70. The second-order valence-electron chi connectivity index (χ2n) is 6.70. The molecule has 1 saturated heterocycles. The number of rotatable bonds is 12. The molecule has 1 aromatic rings. The normalized spacial score (nSPS) is 18.8. The first-order chi connectivity index (χ1) is 13.3. The average molecular weight is 381 g/mol. The van der Waals surface area contributed by atoms with E-state index in [1.165, 1.54) is 0 Å². The van der Waals surface area contributed by atoms with Crippen LogP contribution in [0.3, 0.4) is 0 Å². The van der Waals surface area contributed by atoms with Gasteiger partial charge in [0.25, 0.3) is 0 Å². The molecule has 7 nitrogen and oxygen atoms in total. The fourth-order valence-electron chi connectivity index (χ4n) is 3.34. The van der Waals surface area contributed by atoms with E-state index in [1.807, 2.05) is 12.1 Å². The molecule has 0 spiro atoms. The summed E-state index contributed by atoms with van der Waals surface area (Å²) in [5.41, 5.74) is 0. The van der Waals surface area contributed by atoms with Crippen molar-refractivity contribution in [1.82, 2.24) is 15.5 Å². The number of likely N-dealkylation sites (N-methyl/N-ethyl adjacent to an activating group) is 1. The minimum atomic E-state index is 0.184. The van der Waals surface area contributed by atoms with Gasteiger partial charge in [0.2, 0.25) is 0 Å². The Morgan fingerprint density at radius 3 is 2.85 bits per heavy atom. The highest BCUT2D eigenvalue weighted by Crippen LogP contribution is 2.20. The van der Waals surface area contributed by atoms with Gasteiger partial charge < -0.3 is 24.5 Å². The molecule has 2 heterocycles. The van der Waals surface area contributed by atoms with Crippen molar-refractivity contribution in [3.8, 4) is 0 Å². The molecule has 1 aromatic heterocycles. The van der Waals surface area contributed by atoms with Gasteiger partial charge in [-0.1, -0.05) is 13.8 Å². The predicted molar refractivity (Wildman–Crippen MR) is 108 cm³/mol. The van der Waals surface area contributed by atoms with E-state index in [0.717, 1.165) is 70.4 Å². The van der Waals surface area contributed by atoms with Crippen LogP contribution >= 0.6 is 0 Å². The SMILES string of the molecule is CCN(CC)C(CNC(=NC)NCCCOCC1CCCO1)c1ccco1. The van der Waals surface area contributed by atoms with Gasteiger partial charge in [-0.3, -0.25) is 9.89 Å². The Balaban J connectivity index is 1.66. The van der Waals surface area contributed by atoms with Crippen LogP contribution in [0.4, 0.5) is 0 Å². The minimum Gasteiger partial charge on any atom is -0.468 e. The number of nitrogens with one attached hydrogen (secondary N) is 2. The third-order valence-electron chi connectivity index (χ3n) is 4.90. The summed E-state index contributed by atoms with van der Waals surface area (Å²) in [6, 6.07) is 4.16. The number of aliphatic imine (C=N–C) groups is 1. The third kappa shape index (κ3) is 7.52. The van der Waals surface area contributed by atoms with Gasteiger partial charge in [0, 0.05) is 33.4 Å². The largest absolute Gasteiger partial charge is 0.468 e. The van der Waals surface area contributed by atoms with Gasteiger partial charge in [0.1, 0.15) is 5.76 Å². The first-order valence-electron chi connectivity index (χ1n) is 10.2. The molecule has 7 heteroatoms. The van der Waals surface area contributed by atoms with Gasteiger partial charge in [-0.2, -0.15) is 0 Å². The number of hydrogen-bond acceptors (Lipinski definition) is 5. The standard InChI is InChI=1S/C20H36N4O3/c1-4-24(5-2)18(19-10-7-14-27-19)15-23-20(21-3)22-11-8-12-25-16-17-9-6-13-26-17/h7,10,14,17-18H,4-6,8-9,11-13,15-16H2,1-3H3,(H2,21,22,23). The number of hydrogen-bond donors (Lipinski definition) is 2. The monoisotopic (exact) mass is 380 g/mol. The van der Waals surface area contributed by atoms with Gasteiger partial charge in [-0.15, -0.1) is 0 Å². The topological polar surface area (TPSA) is 71.3 Å². The van der Waals surface area contributed by atoms with Crippen molar-refractivity contribution in [1.29, 1.82) is 0 Å². The van der Waals surface area contributed by atoms with Gasteiger partial charge in [0.05, 0.1) is 25.0 Å². The fourth-order valence-corrected chi connectivity index (χ4v) is 3.34. The highest BCUT2D eigenvalue weighted by atomic mass is 16.5. The molecule has 2 atom stereocenters. The molecule has 0 aliphatic carbocycles. The zero-order valence-electron chi connectivity index (χ0n) is 17.1. The minimum absolute atomic E-state index is 0.184. The molecule has 154 valence electrons. The second-order valence-corrected chi connectivity index (χ2v) is 6.70. The smallest absolute Gasteiger partial charge is 0.191 e. The van der Waals surface area contributed by atoms with Crippen molar-refractivity contribution in [2.45, 2.75) is 45.3 Å². The van der Waals surface area contributed by atoms with Crippen molar-refractivity contribution in [2.24, 2.45) is 4.99 Å². The highest BCUT2D eigenvalue weighted by Gasteiger charge is 2.20. The lowest BCUT2D eigenvalue weighted by atomic mass is 10.2. The number of guanidine groups is 1. The Kier molecular flexibility index (Phi) is 10.3. The Morgan fingerprint density at radius 1 is 1.37 bits per heavy atom. The summed E-state index contributed by atoms with van der Waals surface area (Å²) in [4.78, 5) is 6.69. The van der Waals surface area contributed by atoms with Gasteiger partial charge >= 0.3 is 0 Å². The quantitative estimate of drug-likeness (QED) is 0.330. The summed E-state index contributed by atoms with van der Waals surface area (Å²) < 4.78 is 16.9. The lowest BCUT2D eigenvalue weighted by Crippen LogP contribution is -2.43. The van der Waals surface area contributed by atoms with Crippen molar-refractivity contribution < 1.29 is 13.9 Å². The van der Waals surface area contributed by atoms with E-state index in [9.17, 15) is 0 Å². The molecular formula is C20H36N4O3. The first kappa shape index (κ1) is 21.7. The van der Waals surface area contributed by atoms with E-state index in [0.29, 0.717) is 12.7 Å². The number of nitrogens with zero attached hydrogens (tertiary/aromatic N) is 2. The van der Waals surface area contributed by atoms with E-state index in [-0.39, 0.29) is 6.04 Å². The molecule has 1 aliphatic rings.